The van der Waals surface area contributed by atoms with Crippen LogP contribution >= 0.6 is 11.6 Å². The molecule has 0 saturated heterocycles. The largest absolute Gasteiger partial charge is 0.437 e. The molecule has 0 aliphatic carbocycles. The molecule has 1 aromatic carbocycles. The van der Waals surface area contributed by atoms with Crippen LogP contribution in [0.25, 0.3) is 22.4 Å². The minimum absolute atomic E-state index is 0.0103. The van der Waals surface area contributed by atoms with Crippen LogP contribution in [0.2, 0.25) is 5.02 Å². The molecule has 2 heterocycles. The lowest BCUT2D eigenvalue weighted by molar-refractivity contribution is 0.592. The summed E-state index contributed by atoms with van der Waals surface area (Å²) in [6.07, 6.45) is 0. The van der Waals surface area contributed by atoms with Gasteiger partial charge in [0.1, 0.15) is 11.1 Å². The molecule has 0 atom stereocenters. The Morgan fingerprint density at radius 3 is 2.83 bits per heavy atom. The molecular weight excluding hydrogens is 256 g/mol. The maximum absolute atomic E-state index is 11.6. The molecule has 1 aromatic rings. The molecule has 0 spiro atoms. The number of halogens is 1. The SMILES string of the molecule is Cc1cc2cc3c(=O)[nH]c(=O)nc-3oc2cc1Cl. The Balaban J connectivity index is 2.52. The summed E-state index contributed by atoms with van der Waals surface area (Å²) in [5, 5.41) is 1.29. The molecular formula is C12H7ClN2O3. The van der Waals surface area contributed by atoms with Crippen LogP contribution in [0.5, 0.6) is 0 Å². The summed E-state index contributed by atoms with van der Waals surface area (Å²) in [5.41, 5.74) is 0.361. The highest BCUT2D eigenvalue weighted by atomic mass is 35.5. The predicted octanol–water partition coefficient (Wildman–Crippen LogP) is 1.94. The van der Waals surface area contributed by atoms with Crippen molar-refractivity contribution in [1.29, 1.82) is 0 Å². The molecule has 90 valence electrons. The molecule has 2 aliphatic heterocycles. The van der Waals surface area contributed by atoms with E-state index in [9.17, 15) is 9.59 Å². The second-order valence-electron chi connectivity index (χ2n) is 3.98. The fourth-order valence-electron chi connectivity index (χ4n) is 1.79. The van der Waals surface area contributed by atoms with E-state index in [-0.39, 0.29) is 11.5 Å². The van der Waals surface area contributed by atoms with Gasteiger partial charge in [0.2, 0.25) is 5.89 Å². The van der Waals surface area contributed by atoms with E-state index in [2.05, 4.69) is 9.97 Å². The Morgan fingerprint density at radius 1 is 1.28 bits per heavy atom. The summed E-state index contributed by atoms with van der Waals surface area (Å²) in [6.45, 7) is 1.86. The van der Waals surface area contributed by atoms with Crippen molar-refractivity contribution in [2.75, 3.05) is 0 Å². The zero-order valence-corrected chi connectivity index (χ0v) is 10.0. The molecule has 2 aliphatic rings. The highest BCUT2D eigenvalue weighted by molar-refractivity contribution is 6.32. The highest BCUT2D eigenvalue weighted by Gasteiger charge is 2.14. The molecule has 0 fully saturated rings. The van der Waals surface area contributed by atoms with E-state index in [1.54, 1.807) is 12.1 Å². The molecule has 0 radical (unpaired) electrons. The van der Waals surface area contributed by atoms with Gasteiger partial charge < -0.3 is 4.42 Å². The normalized spacial score (nSPS) is 11.2. The molecule has 0 bridgehead atoms. The van der Waals surface area contributed by atoms with Gasteiger partial charge in [0.05, 0.1) is 0 Å². The van der Waals surface area contributed by atoms with Crippen LogP contribution in [0.15, 0.2) is 32.2 Å². The Kier molecular flexibility index (Phi) is 2.24. The zero-order valence-electron chi connectivity index (χ0n) is 9.28. The molecule has 3 rings (SSSR count). The third-order valence-electron chi connectivity index (χ3n) is 2.70. The Hall–Kier alpha value is -2.14. The fourth-order valence-corrected chi connectivity index (χ4v) is 1.95. The molecule has 0 amide bonds. The third kappa shape index (κ3) is 1.60. The molecule has 6 heteroatoms. The van der Waals surface area contributed by atoms with Crippen LogP contribution in [0, 0.1) is 6.92 Å². The Labute approximate surface area is 105 Å². The van der Waals surface area contributed by atoms with Crippen molar-refractivity contribution in [3.05, 3.63) is 49.6 Å². The number of aryl methyl sites for hydroxylation is 1. The van der Waals surface area contributed by atoms with E-state index in [0.717, 1.165) is 10.9 Å². The fraction of sp³-hybridized carbons (Fsp3) is 0.0833. The van der Waals surface area contributed by atoms with Crippen LogP contribution in [-0.2, 0) is 0 Å². The number of aromatic amines is 1. The smallest absolute Gasteiger partial charge is 0.351 e. The van der Waals surface area contributed by atoms with Gasteiger partial charge in [0, 0.05) is 16.5 Å². The van der Waals surface area contributed by atoms with Crippen LogP contribution in [0.4, 0.5) is 0 Å². The van der Waals surface area contributed by atoms with E-state index in [4.69, 9.17) is 16.0 Å². The summed E-state index contributed by atoms with van der Waals surface area (Å²) < 4.78 is 5.43. The number of nitrogens with one attached hydrogen (secondary N) is 1. The standard InChI is InChI=1S/C12H7ClN2O3/c1-5-2-6-3-7-10(16)14-12(17)15-11(7)18-9(6)4-8(5)13/h2-4H,1H3,(H,14,16,17). The monoisotopic (exact) mass is 262 g/mol. The topological polar surface area (TPSA) is 76.0 Å². The van der Waals surface area contributed by atoms with Crippen LogP contribution < -0.4 is 11.2 Å². The summed E-state index contributed by atoms with van der Waals surface area (Å²) in [7, 11) is 0. The minimum Gasteiger partial charge on any atom is -0.437 e. The third-order valence-corrected chi connectivity index (χ3v) is 3.10. The van der Waals surface area contributed by atoms with E-state index in [1.165, 1.54) is 0 Å². The second kappa shape index (κ2) is 3.68. The van der Waals surface area contributed by atoms with Gasteiger partial charge in [-0.1, -0.05) is 11.6 Å². The first-order chi connectivity index (χ1) is 8.54. The van der Waals surface area contributed by atoms with Gasteiger partial charge in [-0.2, -0.15) is 4.98 Å². The summed E-state index contributed by atoms with van der Waals surface area (Å²) in [4.78, 5) is 28.4. The Morgan fingerprint density at radius 2 is 2.06 bits per heavy atom. The van der Waals surface area contributed by atoms with E-state index in [0.29, 0.717) is 10.6 Å². The van der Waals surface area contributed by atoms with Crippen molar-refractivity contribution in [2.24, 2.45) is 0 Å². The number of benzene rings is 1. The number of rotatable bonds is 0. The van der Waals surface area contributed by atoms with Crippen molar-refractivity contribution >= 4 is 22.6 Å². The van der Waals surface area contributed by atoms with Gasteiger partial charge in [-0.25, -0.2) is 4.79 Å². The van der Waals surface area contributed by atoms with Gasteiger partial charge in [0.25, 0.3) is 5.56 Å². The average Bonchev–Trinajstić information content (AvgIpc) is 2.29. The second-order valence-corrected chi connectivity index (χ2v) is 4.38. The predicted molar refractivity (Wildman–Crippen MR) is 67.3 cm³/mol. The number of aromatic nitrogens is 2. The molecule has 5 nitrogen and oxygen atoms in total. The van der Waals surface area contributed by atoms with E-state index >= 15 is 0 Å². The highest BCUT2D eigenvalue weighted by Crippen LogP contribution is 2.27. The first kappa shape index (κ1) is 11.0. The summed E-state index contributed by atoms with van der Waals surface area (Å²) in [5.74, 6) is 0.0103. The van der Waals surface area contributed by atoms with Crippen molar-refractivity contribution in [3.63, 3.8) is 0 Å². The van der Waals surface area contributed by atoms with Crippen molar-refractivity contribution in [2.45, 2.75) is 6.92 Å². The molecule has 0 saturated carbocycles. The maximum Gasteiger partial charge on any atom is 0.351 e. The summed E-state index contributed by atoms with van der Waals surface area (Å²) >= 11 is 5.99. The van der Waals surface area contributed by atoms with Crippen molar-refractivity contribution in [1.82, 2.24) is 9.97 Å². The van der Waals surface area contributed by atoms with Crippen LogP contribution in [0.1, 0.15) is 5.56 Å². The lowest BCUT2D eigenvalue weighted by Gasteiger charge is -2.06. The van der Waals surface area contributed by atoms with Gasteiger partial charge in [-0.3, -0.25) is 9.78 Å². The Bertz CT molecular complexity index is 850. The van der Waals surface area contributed by atoms with Crippen molar-refractivity contribution in [3.8, 4) is 11.5 Å². The number of hydrogen-bond acceptors (Lipinski definition) is 4. The molecule has 0 unspecified atom stereocenters. The molecule has 1 N–H and O–H groups in total. The average molecular weight is 263 g/mol. The molecule has 0 aromatic heterocycles. The quantitative estimate of drug-likeness (QED) is 0.628. The maximum atomic E-state index is 11.6. The number of H-pyrrole nitrogens is 1. The number of nitrogens with zero attached hydrogens (tertiary/aromatic N) is 1. The van der Waals surface area contributed by atoms with Crippen molar-refractivity contribution < 1.29 is 4.42 Å². The molecule has 18 heavy (non-hydrogen) atoms. The minimum atomic E-state index is -0.728. The van der Waals surface area contributed by atoms with Gasteiger partial charge in [0.15, 0.2) is 0 Å². The first-order valence-electron chi connectivity index (χ1n) is 5.18. The lowest BCUT2D eigenvalue weighted by Crippen LogP contribution is -2.24. The van der Waals surface area contributed by atoms with Gasteiger partial charge in [-0.15, -0.1) is 0 Å². The van der Waals surface area contributed by atoms with Gasteiger partial charge >= 0.3 is 5.69 Å². The number of fused-ring (bicyclic) bond motifs is 2. The van der Waals surface area contributed by atoms with E-state index in [1.807, 2.05) is 13.0 Å². The van der Waals surface area contributed by atoms with Crippen LogP contribution in [-0.4, -0.2) is 9.97 Å². The summed E-state index contributed by atoms with van der Waals surface area (Å²) in [6, 6.07) is 5.08. The van der Waals surface area contributed by atoms with Gasteiger partial charge in [-0.05, 0) is 24.6 Å². The lowest BCUT2D eigenvalue weighted by atomic mass is 10.1. The van der Waals surface area contributed by atoms with E-state index < -0.39 is 11.2 Å². The van der Waals surface area contributed by atoms with Crippen LogP contribution in [0.3, 0.4) is 0 Å². The number of hydrogen-bond donors (Lipinski definition) is 1. The zero-order chi connectivity index (χ0) is 12.9. The first-order valence-corrected chi connectivity index (χ1v) is 5.56.